The fourth-order valence-electron chi connectivity index (χ4n) is 1.09. The Labute approximate surface area is 117 Å². The highest BCUT2D eigenvalue weighted by molar-refractivity contribution is 7.97. The molecule has 0 aromatic rings. The fraction of sp³-hybridized carbons (Fsp3) is 0.312. The summed E-state index contributed by atoms with van der Waals surface area (Å²) >= 11 is 4.16. The zero-order chi connectivity index (χ0) is 14.0. The number of allylic oxidation sites excluding steroid dienone is 7. The third-order valence-corrected chi connectivity index (χ3v) is 2.90. The Balaban J connectivity index is 4.29. The van der Waals surface area contributed by atoms with Crippen molar-refractivity contribution in [3.63, 3.8) is 0 Å². The van der Waals surface area contributed by atoms with Crippen molar-refractivity contribution in [3.8, 4) is 0 Å². The minimum atomic E-state index is 0.675. The highest BCUT2D eigenvalue weighted by Crippen LogP contribution is 2.10. The van der Waals surface area contributed by atoms with Gasteiger partial charge in [-0.05, 0) is 37.0 Å². The van der Waals surface area contributed by atoms with Gasteiger partial charge in [-0.25, -0.2) is 0 Å². The van der Waals surface area contributed by atoms with Gasteiger partial charge in [-0.3, -0.25) is 4.99 Å². The Kier molecular flexibility index (Phi) is 9.03. The van der Waals surface area contributed by atoms with Crippen molar-refractivity contribution in [1.82, 2.24) is 0 Å². The maximum absolute atomic E-state index is 4.16. The van der Waals surface area contributed by atoms with Crippen molar-refractivity contribution >= 4 is 17.7 Å². The molecule has 2 heteroatoms. The predicted octanol–water partition coefficient (Wildman–Crippen LogP) is 4.92. The van der Waals surface area contributed by atoms with E-state index >= 15 is 0 Å². The van der Waals surface area contributed by atoms with Crippen LogP contribution in [0.1, 0.15) is 26.7 Å². The van der Waals surface area contributed by atoms with Crippen LogP contribution in [-0.4, -0.2) is 12.1 Å². The standard InChI is InChI=1S/C16H23NS/c1-6-13(2)9-7-8-10-14(3)15(4)11-12-16(18)17-5/h8-12H,3-4,6-7H2,1-2,5H3,(H,17,18)/b10-8-,12-11-,13-9+. The highest BCUT2D eigenvalue weighted by Gasteiger charge is 1.91. The Morgan fingerprint density at radius 1 is 1.17 bits per heavy atom. The monoisotopic (exact) mass is 261 g/mol. The maximum Gasteiger partial charge on any atom is 0.0870 e. The summed E-state index contributed by atoms with van der Waals surface area (Å²) in [6.45, 7) is 12.2. The van der Waals surface area contributed by atoms with Gasteiger partial charge in [0.05, 0.1) is 5.04 Å². The molecule has 1 nitrogen and oxygen atoms in total. The molecule has 98 valence electrons. The van der Waals surface area contributed by atoms with Crippen molar-refractivity contribution in [2.45, 2.75) is 26.7 Å². The first-order valence-electron chi connectivity index (χ1n) is 6.05. The number of hydrogen-bond donors (Lipinski definition) is 1. The van der Waals surface area contributed by atoms with Crippen LogP contribution in [0.3, 0.4) is 0 Å². The summed E-state index contributed by atoms with van der Waals surface area (Å²) in [4.78, 5) is 3.92. The third kappa shape index (κ3) is 7.91. The van der Waals surface area contributed by atoms with Gasteiger partial charge in [0.15, 0.2) is 0 Å². The van der Waals surface area contributed by atoms with Crippen LogP contribution < -0.4 is 0 Å². The fourth-order valence-corrected chi connectivity index (χ4v) is 1.16. The Hall–Kier alpha value is -1.28. The lowest BCUT2D eigenvalue weighted by atomic mass is 10.1. The Morgan fingerprint density at radius 3 is 2.33 bits per heavy atom. The summed E-state index contributed by atoms with van der Waals surface area (Å²) in [6, 6.07) is 0. The van der Waals surface area contributed by atoms with Crippen LogP contribution in [0.25, 0.3) is 0 Å². The van der Waals surface area contributed by atoms with Crippen molar-refractivity contribution in [3.05, 3.63) is 60.3 Å². The molecule has 0 atom stereocenters. The third-order valence-electron chi connectivity index (χ3n) is 2.55. The van der Waals surface area contributed by atoms with E-state index in [4.69, 9.17) is 0 Å². The van der Waals surface area contributed by atoms with Gasteiger partial charge in [-0.2, -0.15) is 0 Å². The number of rotatable bonds is 7. The predicted molar refractivity (Wildman–Crippen MR) is 87.6 cm³/mol. The molecule has 0 aliphatic heterocycles. The molecule has 0 aliphatic rings. The lowest BCUT2D eigenvalue weighted by molar-refractivity contribution is 1.08. The molecule has 0 saturated carbocycles. The van der Waals surface area contributed by atoms with E-state index in [1.165, 1.54) is 5.57 Å². The van der Waals surface area contributed by atoms with Crippen molar-refractivity contribution in [2.75, 3.05) is 7.05 Å². The van der Waals surface area contributed by atoms with E-state index in [0.717, 1.165) is 24.0 Å². The molecule has 0 N–H and O–H groups in total. The van der Waals surface area contributed by atoms with Gasteiger partial charge in [-0.15, -0.1) is 12.6 Å². The largest absolute Gasteiger partial charge is 0.282 e. The summed E-state index contributed by atoms with van der Waals surface area (Å²) < 4.78 is 0. The molecule has 0 aromatic carbocycles. The van der Waals surface area contributed by atoms with Crippen LogP contribution >= 0.6 is 12.6 Å². The van der Waals surface area contributed by atoms with Crippen molar-refractivity contribution in [2.24, 2.45) is 4.99 Å². The minimum absolute atomic E-state index is 0.675. The van der Waals surface area contributed by atoms with E-state index in [0.29, 0.717) is 5.04 Å². The molecule has 0 radical (unpaired) electrons. The van der Waals surface area contributed by atoms with Crippen LogP contribution in [0.2, 0.25) is 0 Å². The summed E-state index contributed by atoms with van der Waals surface area (Å²) in [5.74, 6) is 0. The first-order valence-corrected chi connectivity index (χ1v) is 6.50. The number of hydrogen-bond acceptors (Lipinski definition) is 1. The zero-order valence-corrected chi connectivity index (χ0v) is 12.5. The molecule has 0 aliphatic carbocycles. The molecule has 0 spiro atoms. The van der Waals surface area contributed by atoms with Crippen LogP contribution in [0.15, 0.2) is 65.2 Å². The normalized spacial score (nSPS) is 13.6. The average Bonchev–Trinajstić information content (AvgIpc) is 2.39. The molecule has 0 saturated heterocycles. The SMILES string of the molecule is C=C(/C=C\C/C=C(\C)CC)C(=C)/C=C\C(S)=N/C. The van der Waals surface area contributed by atoms with Gasteiger partial charge in [-0.1, -0.05) is 50.0 Å². The quantitative estimate of drug-likeness (QED) is 0.220. The summed E-state index contributed by atoms with van der Waals surface area (Å²) in [6.07, 6.45) is 12.0. The number of thiol groups is 1. The van der Waals surface area contributed by atoms with E-state index in [9.17, 15) is 0 Å². The van der Waals surface area contributed by atoms with E-state index in [1.807, 2.05) is 18.2 Å². The van der Waals surface area contributed by atoms with Crippen molar-refractivity contribution < 1.29 is 0 Å². The van der Waals surface area contributed by atoms with E-state index in [1.54, 1.807) is 7.05 Å². The second kappa shape index (κ2) is 9.72. The van der Waals surface area contributed by atoms with Gasteiger partial charge in [0.2, 0.25) is 0 Å². The van der Waals surface area contributed by atoms with Gasteiger partial charge in [0.25, 0.3) is 0 Å². The molecule has 0 bridgehead atoms. The summed E-state index contributed by atoms with van der Waals surface area (Å²) in [5, 5.41) is 0.675. The first-order chi connectivity index (χ1) is 8.51. The van der Waals surface area contributed by atoms with Gasteiger partial charge >= 0.3 is 0 Å². The first kappa shape index (κ1) is 16.7. The molecule has 0 aromatic heterocycles. The second-order valence-electron chi connectivity index (χ2n) is 4.01. The number of nitrogens with zero attached hydrogens (tertiary/aromatic N) is 1. The minimum Gasteiger partial charge on any atom is -0.282 e. The maximum atomic E-state index is 4.16. The molecule has 0 amide bonds. The van der Waals surface area contributed by atoms with Crippen LogP contribution in [-0.2, 0) is 0 Å². The average molecular weight is 261 g/mol. The van der Waals surface area contributed by atoms with E-state index in [2.05, 4.69) is 56.8 Å². The van der Waals surface area contributed by atoms with E-state index < -0.39 is 0 Å². The molecule has 0 fully saturated rings. The molecule has 0 unspecified atom stereocenters. The van der Waals surface area contributed by atoms with Crippen LogP contribution in [0, 0.1) is 0 Å². The Morgan fingerprint density at radius 2 is 1.78 bits per heavy atom. The Bertz CT molecular complexity index is 409. The summed E-state index contributed by atoms with van der Waals surface area (Å²) in [5.41, 5.74) is 3.19. The smallest absolute Gasteiger partial charge is 0.0870 e. The van der Waals surface area contributed by atoms with Crippen LogP contribution in [0.5, 0.6) is 0 Å². The molecule has 18 heavy (non-hydrogen) atoms. The molecular weight excluding hydrogens is 238 g/mol. The van der Waals surface area contributed by atoms with E-state index in [-0.39, 0.29) is 0 Å². The number of aliphatic imine (C=N–C) groups is 1. The van der Waals surface area contributed by atoms with Gasteiger partial charge in [0, 0.05) is 7.05 Å². The van der Waals surface area contributed by atoms with Gasteiger partial charge in [0.1, 0.15) is 0 Å². The molecular formula is C16H23NS. The van der Waals surface area contributed by atoms with Crippen LogP contribution in [0.4, 0.5) is 0 Å². The van der Waals surface area contributed by atoms with Gasteiger partial charge < -0.3 is 0 Å². The topological polar surface area (TPSA) is 12.4 Å². The molecule has 0 heterocycles. The lowest BCUT2D eigenvalue weighted by Crippen LogP contribution is -1.82. The molecule has 0 rings (SSSR count). The van der Waals surface area contributed by atoms with Crippen molar-refractivity contribution in [1.29, 1.82) is 0 Å². The highest BCUT2D eigenvalue weighted by atomic mass is 32.1. The summed E-state index contributed by atoms with van der Waals surface area (Å²) in [7, 11) is 1.70. The zero-order valence-electron chi connectivity index (χ0n) is 11.6. The lowest BCUT2D eigenvalue weighted by Gasteiger charge is -1.98. The second-order valence-corrected chi connectivity index (χ2v) is 4.47.